The number of carbonyl (C=O) groups is 1. The van der Waals surface area contributed by atoms with Crippen LogP contribution in [0, 0.1) is 11.6 Å². The Kier molecular flexibility index (Phi) is 4.61. The van der Waals surface area contributed by atoms with E-state index in [-0.39, 0.29) is 18.3 Å². The van der Waals surface area contributed by atoms with Gasteiger partial charge in [0, 0.05) is 23.6 Å². The number of benzene rings is 2. The van der Waals surface area contributed by atoms with E-state index in [2.05, 4.69) is 4.98 Å². The molecule has 3 rings (SSSR count). The molecule has 1 amide bonds. The first-order valence-corrected chi connectivity index (χ1v) is 7.35. The first-order valence-electron chi connectivity index (χ1n) is 7.35. The molecule has 24 heavy (non-hydrogen) atoms. The minimum absolute atomic E-state index is 0.273. The van der Waals surface area contributed by atoms with E-state index in [1.807, 2.05) is 6.07 Å². The summed E-state index contributed by atoms with van der Waals surface area (Å²) in [5.74, 6) is -1.09. The van der Waals surface area contributed by atoms with Crippen molar-refractivity contribution in [1.82, 2.24) is 4.98 Å². The van der Waals surface area contributed by atoms with Gasteiger partial charge in [0.2, 0.25) is 0 Å². The van der Waals surface area contributed by atoms with Gasteiger partial charge < -0.3 is 4.90 Å². The topological polar surface area (TPSA) is 33.2 Å². The van der Waals surface area contributed by atoms with Gasteiger partial charge in [-0.05, 0) is 60.2 Å². The Morgan fingerprint density at radius 1 is 0.917 bits per heavy atom. The molecular formula is C19H14F2N2O. The minimum Gasteiger partial charge on any atom is -0.304 e. The van der Waals surface area contributed by atoms with E-state index < -0.39 is 5.82 Å². The summed E-state index contributed by atoms with van der Waals surface area (Å²) in [6.45, 7) is 0.273. The number of rotatable bonds is 4. The highest BCUT2D eigenvalue weighted by molar-refractivity contribution is 6.05. The van der Waals surface area contributed by atoms with Crippen LogP contribution in [0.3, 0.4) is 0 Å². The Labute approximate surface area is 138 Å². The van der Waals surface area contributed by atoms with E-state index in [1.165, 1.54) is 53.4 Å². The SMILES string of the molecule is O=C(c1ccc(F)cc1)N(Cc1cccnc1)c1ccc(F)cc1. The zero-order chi connectivity index (χ0) is 16.9. The second kappa shape index (κ2) is 7.00. The number of nitrogens with zero attached hydrogens (tertiary/aromatic N) is 2. The average molecular weight is 324 g/mol. The van der Waals surface area contributed by atoms with Crippen molar-refractivity contribution in [2.24, 2.45) is 0 Å². The highest BCUT2D eigenvalue weighted by Gasteiger charge is 2.18. The van der Waals surface area contributed by atoms with Gasteiger partial charge in [-0.15, -0.1) is 0 Å². The average Bonchev–Trinajstić information content (AvgIpc) is 2.62. The van der Waals surface area contributed by atoms with Gasteiger partial charge in [-0.25, -0.2) is 8.78 Å². The molecular weight excluding hydrogens is 310 g/mol. The molecule has 120 valence electrons. The Bertz CT molecular complexity index is 818. The summed E-state index contributed by atoms with van der Waals surface area (Å²) in [6, 6.07) is 14.6. The number of anilines is 1. The molecule has 0 aliphatic heterocycles. The fourth-order valence-corrected chi connectivity index (χ4v) is 2.32. The molecule has 0 fully saturated rings. The van der Waals surface area contributed by atoms with Crippen molar-refractivity contribution in [2.75, 3.05) is 4.90 Å². The minimum atomic E-state index is -0.410. The number of amides is 1. The Hall–Kier alpha value is -3.08. The van der Waals surface area contributed by atoms with E-state index >= 15 is 0 Å². The van der Waals surface area contributed by atoms with E-state index in [4.69, 9.17) is 0 Å². The van der Waals surface area contributed by atoms with E-state index in [9.17, 15) is 13.6 Å². The highest BCUT2D eigenvalue weighted by Crippen LogP contribution is 2.21. The molecule has 3 nitrogen and oxygen atoms in total. The molecule has 0 N–H and O–H groups in total. The number of carbonyl (C=O) groups excluding carboxylic acids is 1. The molecule has 1 aromatic heterocycles. The molecule has 5 heteroatoms. The largest absolute Gasteiger partial charge is 0.304 e. The number of hydrogen-bond acceptors (Lipinski definition) is 2. The lowest BCUT2D eigenvalue weighted by Crippen LogP contribution is -2.30. The Morgan fingerprint density at radius 3 is 2.12 bits per heavy atom. The molecule has 0 aliphatic rings. The summed E-state index contributed by atoms with van der Waals surface area (Å²) in [6.07, 6.45) is 3.31. The third kappa shape index (κ3) is 3.63. The van der Waals surface area contributed by atoms with Crippen LogP contribution in [0.5, 0.6) is 0 Å². The second-order valence-electron chi connectivity index (χ2n) is 5.24. The highest BCUT2D eigenvalue weighted by atomic mass is 19.1. The quantitative estimate of drug-likeness (QED) is 0.720. The number of pyridine rings is 1. The fourth-order valence-electron chi connectivity index (χ4n) is 2.32. The van der Waals surface area contributed by atoms with Crippen LogP contribution in [-0.4, -0.2) is 10.9 Å². The molecule has 0 saturated heterocycles. The van der Waals surface area contributed by atoms with Crippen molar-refractivity contribution in [3.8, 4) is 0 Å². The van der Waals surface area contributed by atoms with Crippen LogP contribution < -0.4 is 4.90 Å². The summed E-state index contributed by atoms with van der Waals surface area (Å²) in [5, 5.41) is 0. The van der Waals surface area contributed by atoms with Gasteiger partial charge in [0.15, 0.2) is 0 Å². The molecule has 0 saturated carbocycles. The van der Waals surface area contributed by atoms with Gasteiger partial charge in [0.1, 0.15) is 11.6 Å². The molecule has 0 unspecified atom stereocenters. The summed E-state index contributed by atoms with van der Waals surface area (Å²) < 4.78 is 26.3. The van der Waals surface area contributed by atoms with Crippen molar-refractivity contribution in [3.05, 3.63) is 95.8 Å². The van der Waals surface area contributed by atoms with Gasteiger partial charge in [-0.3, -0.25) is 9.78 Å². The maximum absolute atomic E-state index is 13.2. The first-order chi connectivity index (χ1) is 11.6. The number of hydrogen-bond donors (Lipinski definition) is 0. The summed E-state index contributed by atoms with van der Waals surface area (Å²) >= 11 is 0. The van der Waals surface area contributed by atoms with Crippen molar-refractivity contribution in [1.29, 1.82) is 0 Å². The van der Waals surface area contributed by atoms with Gasteiger partial charge >= 0.3 is 0 Å². The van der Waals surface area contributed by atoms with Crippen molar-refractivity contribution in [3.63, 3.8) is 0 Å². The molecule has 1 heterocycles. The maximum Gasteiger partial charge on any atom is 0.258 e. The predicted molar refractivity (Wildman–Crippen MR) is 87.6 cm³/mol. The lowest BCUT2D eigenvalue weighted by molar-refractivity contribution is 0.0985. The molecule has 2 aromatic carbocycles. The Morgan fingerprint density at radius 2 is 1.54 bits per heavy atom. The summed E-state index contributed by atoms with van der Waals surface area (Å²) in [7, 11) is 0. The predicted octanol–water partition coefficient (Wildman–Crippen LogP) is 4.21. The van der Waals surface area contributed by atoms with Crippen molar-refractivity contribution < 1.29 is 13.6 Å². The van der Waals surface area contributed by atoms with Gasteiger partial charge in [-0.1, -0.05) is 6.07 Å². The van der Waals surface area contributed by atoms with Gasteiger partial charge in [-0.2, -0.15) is 0 Å². The number of aromatic nitrogens is 1. The van der Waals surface area contributed by atoms with Crippen LogP contribution in [-0.2, 0) is 6.54 Å². The number of halogens is 2. The lowest BCUT2D eigenvalue weighted by atomic mass is 10.1. The summed E-state index contributed by atoms with van der Waals surface area (Å²) in [4.78, 5) is 18.4. The van der Waals surface area contributed by atoms with Crippen molar-refractivity contribution in [2.45, 2.75) is 6.54 Å². The molecule has 0 bridgehead atoms. The monoisotopic (exact) mass is 324 g/mol. The molecule has 0 aliphatic carbocycles. The van der Waals surface area contributed by atoms with E-state index in [0.717, 1.165) is 5.56 Å². The van der Waals surface area contributed by atoms with Crippen LogP contribution in [0.25, 0.3) is 0 Å². The smallest absolute Gasteiger partial charge is 0.258 e. The van der Waals surface area contributed by atoms with Crippen LogP contribution in [0.1, 0.15) is 15.9 Å². The van der Waals surface area contributed by atoms with E-state index in [0.29, 0.717) is 11.3 Å². The fraction of sp³-hybridized carbons (Fsp3) is 0.0526. The van der Waals surface area contributed by atoms with Crippen LogP contribution in [0.15, 0.2) is 73.1 Å². The Balaban J connectivity index is 1.96. The van der Waals surface area contributed by atoms with Gasteiger partial charge in [0.25, 0.3) is 5.91 Å². The van der Waals surface area contributed by atoms with Crippen LogP contribution in [0.4, 0.5) is 14.5 Å². The van der Waals surface area contributed by atoms with Crippen LogP contribution in [0.2, 0.25) is 0 Å². The second-order valence-corrected chi connectivity index (χ2v) is 5.24. The van der Waals surface area contributed by atoms with E-state index in [1.54, 1.807) is 18.5 Å². The first kappa shape index (κ1) is 15.8. The third-order valence-electron chi connectivity index (χ3n) is 3.54. The maximum atomic E-state index is 13.2. The zero-order valence-electron chi connectivity index (χ0n) is 12.7. The summed E-state index contributed by atoms with van der Waals surface area (Å²) in [5.41, 5.74) is 1.73. The molecule has 0 atom stereocenters. The molecule has 3 aromatic rings. The molecule has 0 radical (unpaired) electrons. The normalized spacial score (nSPS) is 10.4. The zero-order valence-corrected chi connectivity index (χ0v) is 12.7. The lowest BCUT2D eigenvalue weighted by Gasteiger charge is -2.23. The van der Waals surface area contributed by atoms with Crippen LogP contribution >= 0.6 is 0 Å². The standard InChI is InChI=1S/C19H14F2N2O/c20-16-5-3-15(4-6-16)19(24)23(13-14-2-1-11-22-12-14)18-9-7-17(21)8-10-18/h1-12H,13H2. The third-order valence-corrected chi connectivity index (χ3v) is 3.54. The van der Waals surface area contributed by atoms with Gasteiger partial charge in [0.05, 0.1) is 6.54 Å². The van der Waals surface area contributed by atoms with Crippen molar-refractivity contribution >= 4 is 11.6 Å². The molecule has 0 spiro atoms.